The van der Waals surface area contributed by atoms with E-state index in [4.69, 9.17) is 20.5 Å². The van der Waals surface area contributed by atoms with Gasteiger partial charge in [0, 0.05) is 30.7 Å². The van der Waals surface area contributed by atoms with Crippen LogP contribution in [0.2, 0.25) is 0 Å². The van der Waals surface area contributed by atoms with Gasteiger partial charge in [-0.1, -0.05) is 25.5 Å². The van der Waals surface area contributed by atoms with Crippen LogP contribution in [0.5, 0.6) is 0 Å². The number of hydrogen-bond acceptors (Lipinski definition) is 8. The van der Waals surface area contributed by atoms with E-state index in [1.54, 1.807) is 0 Å². The molecule has 0 aliphatic carbocycles. The van der Waals surface area contributed by atoms with E-state index >= 15 is 0 Å². The van der Waals surface area contributed by atoms with Crippen molar-refractivity contribution in [3.63, 3.8) is 0 Å². The second kappa shape index (κ2) is 12.3. The minimum atomic E-state index is -0.312. The van der Waals surface area contributed by atoms with Crippen LogP contribution < -0.4 is 16.4 Å². The molecule has 9 nitrogen and oxygen atoms in total. The Morgan fingerprint density at radius 2 is 2.24 bits per heavy atom. The van der Waals surface area contributed by atoms with Gasteiger partial charge in [-0.05, 0) is 13.3 Å². The third kappa shape index (κ3) is 6.09. The summed E-state index contributed by atoms with van der Waals surface area (Å²) in [4.78, 5) is 14.4. The van der Waals surface area contributed by atoms with Crippen LogP contribution in [-0.4, -0.2) is 109 Å². The first kappa shape index (κ1) is 25.4. The normalized spacial score (nSPS) is 30.1. The van der Waals surface area contributed by atoms with E-state index in [9.17, 15) is 0 Å². The summed E-state index contributed by atoms with van der Waals surface area (Å²) in [6.45, 7) is 9.19. The zero-order chi connectivity index (χ0) is 23.9. The fourth-order valence-corrected chi connectivity index (χ4v) is 5.79. The van der Waals surface area contributed by atoms with Crippen molar-refractivity contribution in [2.45, 2.75) is 57.4 Å². The number of aliphatic imine (C=N–C) groups is 2. The lowest BCUT2D eigenvalue weighted by Gasteiger charge is -2.27. The van der Waals surface area contributed by atoms with Crippen LogP contribution in [0.4, 0.5) is 0 Å². The molecule has 0 amide bonds. The quantitative estimate of drug-likeness (QED) is 0.239. The predicted molar refractivity (Wildman–Crippen MR) is 142 cm³/mol. The molecular weight excluding hydrogens is 448 g/mol. The SMILES string of the molecule is CC=CC1N=C(CNC(N)C2N=CN(C3=CSCC3)C2=[N+](C)CN2CCOCC2)NC1CCC. The van der Waals surface area contributed by atoms with Crippen molar-refractivity contribution in [2.24, 2.45) is 15.7 Å². The summed E-state index contributed by atoms with van der Waals surface area (Å²) in [6, 6.07) is 0.409. The molecule has 4 aliphatic heterocycles. The molecule has 34 heavy (non-hydrogen) atoms. The van der Waals surface area contributed by atoms with Crippen LogP contribution in [0.1, 0.15) is 33.1 Å². The van der Waals surface area contributed by atoms with Gasteiger partial charge in [0.15, 0.2) is 12.4 Å². The molecule has 0 bridgehead atoms. The first-order valence-electron chi connectivity index (χ1n) is 12.6. The van der Waals surface area contributed by atoms with E-state index in [0.717, 1.165) is 69.7 Å². The minimum absolute atomic E-state index is 0.155. The number of nitrogens with zero attached hydrogens (tertiary/aromatic N) is 5. The molecule has 10 heteroatoms. The lowest BCUT2D eigenvalue weighted by molar-refractivity contribution is -0.526. The first-order valence-corrected chi connectivity index (χ1v) is 13.6. The Morgan fingerprint density at radius 1 is 1.41 bits per heavy atom. The van der Waals surface area contributed by atoms with Gasteiger partial charge in [-0.2, -0.15) is 4.90 Å². The highest BCUT2D eigenvalue weighted by atomic mass is 32.2. The second-order valence-electron chi connectivity index (χ2n) is 9.28. The average molecular weight is 490 g/mol. The zero-order valence-corrected chi connectivity index (χ0v) is 21.6. The van der Waals surface area contributed by atoms with Crippen molar-refractivity contribution < 1.29 is 9.31 Å². The molecule has 4 unspecified atom stereocenters. The van der Waals surface area contributed by atoms with E-state index < -0.39 is 0 Å². The molecule has 1 saturated heterocycles. The molecule has 0 aromatic rings. The number of nitrogens with one attached hydrogen (secondary N) is 2. The van der Waals surface area contributed by atoms with Crippen molar-refractivity contribution >= 4 is 29.8 Å². The van der Waals surface area contributed by atoms with E-state index in [2.05, 4.69) is 63.5 Å². The van der Waals surface area contributed by atoms with Crippen molar-refractivity contribution in [3.8, 4) is 0 Å². The van der Waals surface area contributed by atoms with Gasteiger partial charge >= 0.3 is 0 Å². The fourth-order valence-electron chi connectivity index (χ4n) is 4.92. The number of thioether (sulfide) groups is 1. The number of nitrogens with two attached hydrogens (primary N) is 1. The first-order chi connectivity index (χ1) is 16.6. The van der Waals surface area contributed by atoms with Gasteiger partial charge in [0.2, 0.25) is 0 Å². The third-order valence-electron chi connectivity index (χ3n) is 6.67. The molecule has 188 valence electrons. The molecule has 4 rings (SSSR count). The van der Waals surface area contributed by atoms with Crippen LogP contribution in [-0.2, 0) is 4.74 Å². The lowest BCUT2D eigenvalue weighted by Crippen LogP contribution is -2.55. The van der Waals surface area contributed by atoms with Gasteiger partial charge in [-0.25, -0.2) is 4.99 Å². The number of rotatable bonds is 10. The summed E-state index contributed by atoms with van der Waals surface area (Å²) in [5.74, 6) is 3.23. The molecule has 1 fully saturated rings. The Morgan fingerprint density at radius 3 is 2.94 bits per heavy atom. The summed E-state index contributed by atoms with van der Waals surface area (Å²) >= 11 is 1.86. The Kier molecular flexibility index (Phi) is 9.18. The lowest BCUT2D eigenvalue weighted by atomic mass is 10.0. The largest absolute Gasteiger partial charge is 0.379 e. The van der Waals surface area contributed by atoms with Gasteiger partial charge in [-0.3, -0.25) is 19.8 Å². The summed E-state index contributed by atoms with van der Waals surface area (Å²) in [7, 11) is 2.15. The molecular formula is C24H41N8OS+. The summed E-state index contributed by atoms with van der Waals surface area (Å²) in [5.41, 5.74) is 8.01. The van der Waals surface area contributed by atoms with Gasteiger partial charge in [-0.15, -0.1) is 11.8 Å². The van der Waals surface area contributed by atoms with Crippen molar-refractivity contribution in [1.29, 1.82) is 0 Å². The van der Waals surface area contributed by atoms with Crippen molar-refractivity contribution in [3.05, 3.63) is 23.3 Å². The van der Waals surface area contributed by atoms with Crippen LogP contribution in [0.15, 0.2) is 33.2 Å². The van der Waals surface area contributed by atoms with Crippen molar-refractivity contribution in [2.75, 3.05) is 52.3 Å². The highest BCUT2D eigenvalue weighted by Crippen LogP contribution is 2.27. The zero-order valence-electron chi connectivity index (χ0n) is 20.8. The standard InChI is InChI=1S/C24H41N8OS/c1-4-6-19-20(7-5-2)29-21(28-19)14-26-23(25)22-24(30(3)17-31-9-11-33-12-10-31)32(16-27-22)18-8-13-34-15-18/h4,6,15-16,19-20,22-23,26H,5,7-14,17,25H2,1-3H3,(H,28,29)/q+1. The molecule has 0 aromatic carbocycles. The number of amidine groups is 2. The second-order valence-corrected chi connectivity index (χ2v) is 10.3. The van der Waals surface area contributed by atoms with E-state index in [0.29, 0.717) is 12.6 Å². The molecule has 4 N–H and O–H groups in total. The van der Waals surface area contributed by atoms with Crippen LogP contribution in [0, 0.1) is 0 Å². The maximum Gasteiger partial charge on any atom is 0.286 e. The Hall–Kier alpha value is -1.72. The monoisotopic (exact) mass is 489 g/mol. The Labute approximate surface area is 208 Å². The molecule has 4 aliphatic rings. The maximum atomic E-state index is 6.71. The predicted octanol–water partition coefficient (Wildman–Crippen LogP) is 0.997. The maximum absolute atomic E-state index is 6.71. The number of morpholine rings is 1. The smallest absolute Gasteiger partial charge is 0.286 e. The summed E-state index contributed by atoms with van der Waals surface area (Å²) < 4.78 is 7.83. The highest BCUT2D eigenvalue weighted by Gasteiger charge is 2.42. The molecule has 4 heterocycles. The van der Waals surface area contributed by atoms with Gasteiger partial charge < -0.3 is 15.8 Å². The topological polar surface area (TPSA) is 93.5 Å². The van der Waals surface area contributed by atoms with Crippen LogP contribution in [0.3, 0.4) is 0 Å². The van der Waals surface area contributed by atoms with Gasteiger partial charge in [0.05, 0.1) is 45.1 Å². The van der Waals surface area contributed by atoms with Gasteiger partial charge in [0.1, 0.15) is 18.2 Å². The third-order valence-corrected chi connectivity index (χ3v) is 7.55. The highest BCUT2D eigenvalue weighted by molar-refractivity contribution is 8.02. The molecule has 0 saturated carbocycles. The van der Waals surface area contributed by atoms with E-state index in [1.165, 1.54) is 5.70 Å². The Bertz CT molecular complexity index is 848. The molecule has 0 spiro atoms. The van der Waals surface area contributed by atoms with Crippen LogP contribution >= 0.6 is 11.8 Å². The molecule has 0 radical (unpaired) electrons. The fraction of sp³-hybridized carbons (Fsp3) is 0.708. The van der Waals surface area contributed by atoms with Gasteiger partial charge in [0.25, 0.3) is 5.84 Å². The molecule has 4 atom stereocenters. The summed E-state index contributed by atoms with van der Waals surface area (Å²) in [6.07, 6.45) is 9.20. The summed E-state index contributed by atoms with van der Waals surface area (Å²) in [5, 5.41) is 9.36. The average Bonchev–Trinajstić information content (AvgIpc) is 3.59. The number of ether oxygens (including phenoxy) is 1. The minimum Gasteiger partial charge on any atom is -0.379 e. The molecule has 0 aromatic heterocycles. The van der Waals surface area contributed by atoms with Crippen LogP contribution in [0.25, 0.3) is 0 Å². The number of hydrogen-bond donors (Lipinski definition) is 3. The van der Waals surface area contributed by atoms with E-state index in [-0.39, 0.29) is 18.2 Å². The number of allylic oxidation sites excluding steroid dienone is 2. The van der Waals surface area contributed by atoms with E-state index in [1.807, 2.05) is 18.1 Å². The Balaban J connectivity index is 1.44. The van der Waals surface area contributed by atoms with Crippen molar-refractivity contribution in [1.82, 2.24) is 20.4 Å².